The van der Waals surface area contributed by atoms with Crippen molar-refractivity contribution < 1.29 is 13.2 Å². The number of rotatable bonds is 6. The zero-order valence-electron chi connectivity index (χ0n) is 15.2. The quantitative estimate of drug-likeness (QED) is 0.590. The van der Waals surface area contributed by atoms with Crippen LogP contribution >= 0.6 is 15.9 Å². The molecule has 3 rings (SSSR count). The van der Waals surface area contributed by atoms with E-state index in [0.717, 1.165) is 10.0 Å². The first-order valence-electron chi connectivity index (χ1n) is 8.53. The summed E-state index contributed by atoms with van der Waals surface area (Å²) in [5, 5.41) is 0. The molecule has 7 heteroatoms. The molecule has 144 valence electrons. The minimum Gasteiger partial charge on any atom is -0.337 e. The highest BCUT2D eigenvalue weighted by Gasteiger charge is 2.16. The van der Waals surface area contributed by atoms with Crippen LogP contribution < -0.4 is 4.72 Å². The first-order chi connectivity index (χ1) is 13.4. The van der Waals surface area contributed by atoms with E-state index in [1.165, 1.54) is 12.1 Å². The number of hydrogen-bond donors (Lipinski definition) is 1. The monoisotopic (exact) mass is 458 g/mol. The molecule has 1 amide bonds. The van der Waals surface area contributed by atoms with Gasteiger partial charge >= 0.3 is 0 Å². The lowest BCUT2D eigenvalue weighted by Crippen LogP contribution is -2.26. The number of carbonyl (C=O) groups excluding carboxylic acids is 1. The molecule has 1 N–H and O–H groups in total. The highest BCUT2D eigenvalue weighted by molar-refractivity contribution is 9.10. The molecule has 0 aliphatic heterocycles. The number of sulfonamides is 1. The minimum absolute atomic E-state index is 0.145. The Balaban J connectivity index is 1.70. The van der Waals surface area contributed by atoms with Gasteiger partial charge < -0.3 is 4.90 Å². The molecule has 0 fully saturated rings. The second-order valence-corrected chi connectivity index (χ2v) is 8.79. The van der Waals surface area contributed by atoms with Crippen molar-refractivity contribution in [3.63, 3.8) is 0 Å². The van der Waals surface area contributed by atoms with Crippen molar-refractivity contribution in [2.75, 3.05) is 11.8 Å². The molecule has 28 heavy (non-hydrogen) atoms. The van der Waals surface area contributed by atoms with Gasteiger partial charge in [0.15, 0.2) is 0 Å². The summed E-state index contributed by atoms with van der Waals surface area (Å²) < 4.78 is 28.2. The van der Waals surface area contributed by atoms with Crippen molar-refractivity contribution >= 4 is 37.5 Å². The third-order valence-corrected chi connectivity index (χ3v) is 6.32. The Kier molecular flexibility index (Phi) is 6.16. The number of amides is 1. The summed E-state index contributed by atoms with van der Waals surface area (Å²) in [6, 6.07) is 22.3. The number of halogens is 1. The van der Waals surface area contributed by atoms with Crippen LogP contribution in [-0.2, 0) is 16.6 Å². The highest BCUT2D eigenvalue weighted by atomic mass is 79.9. The highest BCUT2D eigenvalue weighted by Crippen LogP contribution is 2.20. The summed E-state index contributed by atoms with van der Waals surface area (Å²) in [4.78, 5) is 14.4. The molecule has 5 nitrogen and oxygen atoms in total. The molecule has 3 aromatic carbocycles. The standard InChI is InChI=1S/C21H19BrN2O3S/c1-24(15-17-7-5-6-10-20(17)22)21(25)16-11-13-18(14-12-16)23-28(26,27)19-8-3-2-4-9-19/h2-14,23H,15H2,1H3. The van der Waals surface area contributed by atoms with Gasteiger partial charge in [0, 0.05) is 29.3 Å². The maximum Gasteiger partial charge on any atom is 0.261 e. The van der Waals surface area contributed by atoms with Crippen LogP contribution in [-0.4, -0.2) is 26.3 Å². The van der Waals surface area contributed by atoms with Crippen LogP contribution in [0.5, 0.6) is 0 Å². The van der Waals surface area contributed by atoms with E-state index in [1.54, 1.807) is 54.4 Å². The van der Waals surface area contributed by atoms with E-state index in [1.807, 2.05) is 24.3 Å². The zero-order valence-corrected chi connectivity index (χ0v) is 17.6. The summed E-state index contributed by atoms with van der Waals surface area (Å²) in [5.74, 6) is -0.145. The molecule has 0 radical (unpaired) electrons. The molecule has 0 saturated heterocycles. The van der Waals surface area contributed by atoms with Crippen LogP contribution in [0.2, 0.25) is 0 Å². The maximum absolute atomic E-state index is 12.7. The fourth-order valence-electron chi connectivity index (χ4n) is 2.67. The van der Waals surface area contributed by atoms with Gasteiger partial charge in [-0.3, -0.25) is 9.52 Å². The molecular formula is C21H19BrN2O3S. The molecule has 3 aromatic rings. The Morgan fingerprint density at radius 2 is 1.54 bits per heavy atom. The normalized spacial score (nSPS) is 11.1. The lowest BCUT2D eigenvalue weighted by atomic mass is 10.1. The van der Waals surface area contributed by atoms with Crippen LogP contribution in [0.25, 0.3) is 0 Å². The van der Waals surface area contributed by atoms with Gasteiger partial charge in [0.1, 0.15) is 0 Å². The summed E-state index contributed by atoms with van der Waals surface area (Å²) in [6.45, 7) is 0.461. The van der Waals surface area contributed by atoms with Crippen LogP contribution in [0.15, 0.2) is 88.2 Å². The number of nitrogens with one attached hydrogen (secondary N) is 1. The average Bonchev–Trinajstić information content (AvgIpc) is 2.70. The predicted octanol–water partition coefficient (Wildman–Crippen LogP) is 4.52. The van der Waals surface area contributed by atoms with E-state index >= 15 is 0 Å². The molecule has 0 saturated carbocycles. The molecular weight excluding hydrogens is 440 g/mol. The Bertz CT molecular complexity index is 1070. The number of anilines is 1. The first-order valence-corrected chi connectivity index (χ1v) is 10.8. The molecule has 0 atom stereocenters. The van der Waals surface area contributed by atoms with E-state index in [-0.39, 0.29) is 10.8 Å². The van der Waals surface area contributed by atoms with Gasteiger partial charge in [0.05, 0.1) is 4.90 Å². The predicted molar refractivity (Wildman–Crippen MR) is 114 cm³/mol. The van der Waals surface area contributed by atoms with E-state index < -0.39 is 10.0 Å². The summed E-state index contributed by atoms with van der Waals surface area (Å²) in [7, 11) is -1.93. The van der Waals surface area contributed by atoms with Crippen LogP contribution in [0.1, 0.15) is 15.9 Å². The number of carbonyl (C=O) groups is 1. The molecule has 0 aromatic heterocycles. The van der Waals surface area contributed by atoms with Crippen LogP contribution in [0.3, 0.4) is 0 Å². The SMILES string of the molecule is CN(Cc1ccccc1Br)C(=O)c1ccc(NS(=O)(=O)c2ccccc2)cc1. The van der Waals surface area contributed by atoms with Crippen molar-refractivity contribution in [2.24, 2.45) is 0 Å². The number of nitrogens with zero attached hydrogens (tertiary/aromatic N) is 1. The molecule has 0 aliphatic carbocycles. The lowest BCUT2D eigenvalue weighted by molar-refractivity contribution is 0.0785. The van der Waals surface area contributed by atoms with E-state index in [2.05, 4.69) is 20.7 Å². The Hall–Kier alpha value is -2.64. The van der Waals surface area contributed by atoms with E-state index in [9.17, 15) is 13.2 Å². The average molecular weight is 459 g/mol. The van der Waals surface area contributed by atoms with Crippen molar-refractivity contribution in [3.05, 3.63) is 94.5 Å². The van der Waals surface area contributed by atoms with Gasteiger partial charge in [-0.1, -0.05) is 52.3 Å². The van der Waals surface area contributed by atoms with Crippen molar-refractivity contribution in [2.45, 2.75) is 11.4 Å². The van der Waals surface area contributed by atoms with E-state index in [4.69, 9.17) is 0 Å². The van der Waals surface area contributed by atoms with Gasteiger partial charge in [-0.2, -0.15) is 0 Å². The lowest BCUT2D eigenvalue weighted by Gasteiger charge is -2.18. The Morgan fingerprint density at radius 3 is 2.18 bits per heavy atom. The third-order valence-electron chi connectivity index (χ3n) is 4.15. The van der Waals surface area contributed by atoms with E-state index in [0.29, 0.717) is 17.8 Å². The maximum atomic E-state index is 12.7. The molecule has 0 bridgehead atoms. The zero-order chi connectivity index (χ0) is 20.1. The molecule has 0 heterocycles. The third kappa shape index (κ3) is 4.79. The minimum atomic E-state index is -3.66. The Labute approximate surface area is 173 Å². The second kappa shape index (κ2) is 8.58. The van der Waals surface area contributed by atoms with Gasteiger partial charge in [0.25, 0.3) is 15.9 Å². The summed E-state index contributed by atoms with van der Waals surface area (Å²) >= 11 is 3.48. The van der Waals surface area contributed by atoms with Gasteiger partial charge in [-0.05, 0) is 48.0 Å². The number of hydrogen-bond acceptors (Lipinski definition) is 3. The van der Waals surface area contributed by atoms with Crippen molar-refractivity contribution in [3.8, 4) is 0 Å². The van der Waals surface area contributed by atoms with Crippen molar-refractivity contribution in [1.82, 2.24) is 4.90 Å². The van der Waals surface area contributed by atoms with Gasteiger partial charge in [-0.15, -0.1) is 0 Å². The first kappa shape index (κ1) is 20.1. The number of benzene rings is 3. The van der Waals surface area contributed by atoms with Crippen LogP contribution in [0, 0.1) is 0 Å². The fraction of sp³-hybridized carbons (Fsp3) is 0.0952. The van der Waals surface area contributed by atoms with Crippen LogP contribution in [0.4, 0.5) is 5.69 Å². The molecule has 0 aliphatic rings. The second-order valence-electron chi connectivity index (χ2n) is 6.25. The largest absolute Gasteiger partial charge is 0.337 e. The van der Waals surface area contributed by atoms with Gasteiger partial charge in [0.2, 0.25) is 0 Å². The smallest absolute Gasteiger partial charge is 0.261 e. The topological polar surface area (TPSA) is 66.5 Å². The molecule has 0 spiro atoms. The van der Waals surface area contributed by atoms with Gasteiger partial charge in [-0.25, -0.2) is 8.42 Å². The Morgan fingerprint density at radius 1 is 0.929 bits per heavy atom. The molecule has 0 unspecified atom stereocenters. The summed E-state index contributed by atoms with van der Waals surface area (Å²) in [5.41, 5.74) is 1.89. The fourth-order valence-corrected chi connectivity index (χ4v) is 4.16. The summed E-state index contributed by atoms with van der Waals surface area (Å²) in [6.07, 6.45) is 0. The van der Waals surface area contributed by atoms with Crippen molar-refractivity contribution in [1.29, 1.82) is 0 Å².